The maximum absolute atomic E-state index is 12.2. The van der Waals surface area contributed by atoms with Crippen LogP contribution in [0.1, 0.15) is 29.1 Å². The largest absolute Gasteiger partial charge is 0.342 e. The van der Waals surface area contributed by atoms with Crippen LogP contribution in [0, 0.1) is 0 Å². The van der Waals surface area contributed by atoms with Crippen LogP contribution >= 0.6 is 0 Å². The minimum atomic E-state index is -0.334. The number of hydrogen-bond acceptors (Lipinski definition) is 5. The van der Waals surface area contributed by atoms with Gasteiger partial charge in [-0.1, -0.05) is 18.2 Å². The Balaban J connectivity index is 1.81. The molecule has 110 valence electrons. The third kappa shape index (κ3) is 2.83. The molecule has 1 atom stereocenters. The summed E-state index contributed by atoms with van der Waals surface area (Å²) in [4.78, 5) is 24.7. The van der Waals surface area contributed by atoms with Gasteiger partial charge in [0.1, 0.15) is 6.33 Å². The Morgan fingerprint density at radius 1 is 1.09 bits per heavy atom. The van der Waals surface area contributed by atoms with Gasteiger partial charge in [-0.25, -0.2) is 15.0 Å². The molecule has 0 saturated carbocycles. The van der Waals surface area contributed by atoms with E-state index in [9.17, 15) is 4.79 Å². The molecule has 1 unspecified atom stereocenters. The van der Waals surface area contributed by atoms with Crippen LogP contribution in [0.15, 0.2) is 55.1 Å². The minimum Gasteiger partial charge on any atom is -0.342 e. The van der Waals surface area contributed by atoms with E-state index in [1.165, 1.54) is 11.0 Å². The quantitative estimate of drug-likeness (QED) is 0.789. The van der Waals surface area contributed by atoms with Crippen molar-refractivity contribution in [3.63, 3.8) is 0 Å². The Kier molecular flexibility index (Phi) is 3.86. The van der Waals surface area contributed by atoms with Gasteiger partial charge in [0.15, 0.2) is 5.82 Å². The summed E-state index contributed by atoms with van der Waals surface area (Å²) in [5.41, 5.74) is 0.594. The lowest BCUT2D eigenvalue weighted by Gasteiger charge is -2.13. The summed E-state index contributed by atoms with van der Waals surface area (Å²) < 4.78 is 1.51. The number of aromatic nitrogens is 5. The molecule has 3 aromatic rings. The Labute approximate surface area is 127 Å². The molecule has 2 heterocycles. The smallest absolute Gasteiger partial charge is 0.252 e. The van der Waals surface area contributed by atoms with Gasteiger partial charge in [0, 0.05) is 18.0 Å². The molecule has 0 aliphatic carbocycles. The lowest BCUT2D eigenvalue weighted by molar-refractivity contribution is 0.0938. The van der Waals surface area contributed by atoms with Crippen molar-refractivity contribution in [1.82, 2.24) is 30.0 Å². The molecule has 0 radical (unpaired) electrons. The molecule has 1 aromatic carbocycles. The molecule has 0 aliphatic heterocycles. The van der Waals surface area contributed by atoms with Gasteiger partial charge in [0.2, 0.25) is 0 Å². The van der Waals surface area contributed by atoms with Crippen molar-refractivity contribution in [3.8, 4) is 5.95 Å². The van der Waals surface area contributed by atoms with Crippen molar-refractivity contribution >= 4 is 5.91 Å². The predicted octanol–water partition coefficient (Wildman–Crippen LogP) is 1.55. The zero-order chi connectivity index (χ0) is 15.4. The van der Waals surface area contributed by atoms with Crippen molar-refractivity contribution in [1.29, 1.82) is 0 Å². The van der Waals surface area contributed by atoms with Crippen molar-refractivity contribution < 1.29 is 4.79 Å². The van der Waals surface area contributed by atoms with Gasteiger partial charge in [-0.2, -0.15) is 9.78 Å². The van der Waals surface area contributed by atoms with Gasteiger partial charge >= 0.3 is 0 Å². The molecule has 7 nitrogen and oxygen atoms in total. The van der Waals surface area contributed by atoms with Crippen LogP contribution in [-0.4, -0.2) is 30.6 Å². The summed E-state index contributed by atoms with van der Waals surface area (Å²) in [6.45, 7) is 1.84. The zero-order valence-electron chi connectivity index (χ0n) is 11.9. The summed E-state index contributed by atoms with van der Waals surface area (Å²) in [6, 6.07) is 10.4. The second-order valence-corrected chi connectivity index (χ2v) is 4.64. The first-order valence-electron chi connectivity index (χ1n) is 6.79. The lowest BCUT2D eigenvalue weighted by atomic mass is 10.2. The van der Waals surface area contributed by atoms with Gasteiger partial charge in [-0.15, -0.1) is 0 Å². The van der Waals surface area contributed by atoms with E-state index in [2.05, 4.69) is 25.4 Å². The molecular formula is C15H14N6O. The normalized spacial score (nSPS) is 11.9. The topological polar surface area (TPSA) is 85.6 Å². The maximum Gasteiger partial charge on any atom is 0.252 e. The Bertz CT molecular complexity index is 756. The van der Waals surface area contributed by atoms with Crippen molar-refractivity contribution in [2.24, 2.45) is 0 Å². The van der Waals surface area contributed by atoms with E-state index >= 15 is 0 Å². The van der Waals surface area contributed by atoms with E-state index in [1.54, 1.807) is 30.6 Å². The van der Waals surface area contributed by atoms with Crippen LogP contribution < -0.4 is 5.32 Å². The molecule has 2 aromatic heterocycles. The number of nitrogens with zero attached hydrogens (tertiary/aromatic N) is 5. The Morgan fingerprint density at radius 3 is 2.55 bits per heavy atom. The summed E-state index contributed by atoms with van der Waals surface area (Å²) >= 11 is 0. The number of carbonyl (C=O) groups excluding carboxylic acids is 1. The van der Waals surface area contributed by atoms with Crippen LogP contribution in [0.4, 0.5) is 0 Å². The molecule has 0 bridgehead atoms. The van der Waals surface area contributed by atoms with Crippen LogP contribution in [0.2, 0.25) is 0 Å². The third-order valence-electron chi connectivity index (χ3n) is 3.09. The number of hydrogen-bond donors (Lipinski definition) is 1. The van der Waals surface area contributed by atoms with Gasteiger partial charge < -0.3 is 5.32 Å². The highest BCUT2D eigenvalue weighted by molar-refractivity contribution is 5.94. The maximum atomic E-state index is 12.2. The van der Waals surface area contributed by atoms with E-state index in [4.69, 9.17) is 0 Å². The first kappa shape index (κ1) is 13.9. The van der Waals surface area contributed by atoms with Gasteiger partial charge in [0.05, 0.1) is 6.04 Å². The van der Waals surface area contributed by atoms with E-state index < -0.39 is 0 Å². The molecule has 0 saturated heterocycles. The predicted molar refractivity (Wildman–Crippen MR) is 79.3 cm³/mol. The second kappa shape index (κ2) is 6.13. The first-order valence-corrected chi connectivity index (χ1v) is 6.79. The number of nitrogens with one attached hydrogen (secondary N) is 1. The van der Waals surface area contributed by atoms with E-state index in [-0.39, 0.29) is 11.9 Å². The summed E-state index contributed by atoms with van der Waals surface area (Å²) in [6.07, 6.45) is 4.67. The molecule has 22 heavy (non-hydrogen) atoms. The van der Waals surface area contributed by atoms with Crippen LogP contribution in [0.25, 0.3) is 5.95 Å². The van der Waals surface area contributed by atoms with Crippen LogP contribution in [-0.2, 0) is 0 Å². The fourth-order valence-electron chi connectivity index (χ4n) is 2.03. The van der Waals surface area contributed by atoms with E-state index in [0.29, 0.717) is 17.3 Å². The molecule has 1 N–H and O–H groups in total. The van der Waals surface area contributed by atoms with E-state index in [1.807, 2.05) is 25.1 Å². The summed E-state index contributed by atoms with van der Waals surface area (Å²) in [5, 5.41) is 7.01. The number of rotatable bonds is 4. The average molecular weight is 294 g/mol. The fraction of sp³-hybridized carbons (Fsp3) is 0.133. The monoisotopic (exact) mass is 294 g/mol. The highest BCUT2D eigenvalue weighted by Gasteiger charge is 2.18. The van der Waals surface area contributed by atoms with E-state index in [0.717, 1.165) is 0 Å². The van der Waals surface area contributed by atoms with Crippen molar-refractivity contribution in [2.75, 3.05) is 0 Å². The number of carbonyl (C=O) groups is 1. The number of benzene rings is 1. The highest BCUT2D eigenvalue weighted by atomic mass is 16.1. The standard InChI is InChI=1S/C15H14N6O/c1-11(20-14(22)12-6-3-2-4-7-12)13-18-10-19-21(13)15-16-8-5-9-17-15/h2-11H,1H3,(H,20,22). The molecule has 0 aliphatic rings. The molecule has 3 rings (SSSR count). The van der Waals surface area contributed by atoms with Crippen molar-refractivity contribution in [2.45, 2.75) is 13.0 Å². The van der Waals surface area contributed by atoms with Gasteiger partial charge in [-0.05, 0) is 25.1 Å². The average Bonchev–Trinajstić information content (AvgIpc) is 3.06. The van der Waals surface area contributed by atoms with Gasteiger partial charge in [-0.3, -0.25) is 4.79 Å². The zero-order valence-corrected chi connectivity index (χ0v) is 11.9. The fourth-order valence-corrected chi connectivity index (χ4v) is 2.03. The second-order valence-electron chi connectivity index (χ2n) is 4.64. The van der Waals surface area contributed by atoms with Crippen LogP contribution in [0.3, 0.4) is 0 Å². The third-order valence-corrected chi connectivity index (χ3v) is 3.09. The lowest BCUT2D eigenvalue weighted by Crippen LogP contribution is -2.28. The number of amides is 1. The summed E-state index contributed by atoms with van der Waals surface area (Å²) in [5.74, 6) is 0.808. The first-order chi connectivity index (χ1) is 10.8. The Hall–Kier alpha value is -3.09. The van der Waals surface area contributed by atoms with Gasteiger partial charge in [0.25, 0.3) is 11.9 Å². The highest BCUT2D eigenvalue weighted by Crippen LogP contribution is 2.12. The molecular weight excluding hydrogens is 280 g/mol. The summed E-state index contributed by atoms with van der Waals surface area (Å²) in [7, 11) is 0. The molecule has 0 spiro atoms. The van der Waals surface area contributed by atoms with Crippen molar-refractivity contribution in [3.05, 3.63) is 66.5 Å². The Morgan fingerprint density at radius 2 is 1.82 bits per heavy atom. The van der Waals surface area contributed by atoms with Crippen LogP contribution in [0.5, 0.6) is 0 Å². The molecule has 1 amide bonds. The minimum absolute atomic E-state index is 0.170. The molecule has 0 fully saturated rings. The SMILES string of the molecule is CC(NC(=O)c1ccccc1)c1ncnn1-c1ncccn1. The molecule has 7 heteroatoms.